The molecule has 33 heavy (non-hydrogen) atoms. The van der Waals surface area contributed by atoms with E-state index >= 15 is 0 Å². The molecular weight excluding hydrogens is 442 g/mol. The van der Waals surface area contributed by atoms with Crippen LogP contribution in [0.3, 0.4) is 0 Å². The summed E-state index contributed by atoms with van der Waals surface area (Å²) in [5, 5.41) is 23.4. The summed E-state index contributed by atoms with van der Waals surface area (Å²) in [5.74, 6) is -0.257. The predicted octanol–water partition coefficient (Wildman–Crippen LogP) is 5.99. The molecule has 8 heteroatoms. The fraction of sp³-hybridized carbons (Fsp3) is 0.120. The Bertz CT molecular complexity index is 1270. The van der Waals surface area contributed by atoms with Crippen LogP contribution in [0.25, 0.3) is 6.08 Å². The molecule has 0 saturated carbocycles. The molecule has 1 amide bonds. The molecule has 0 aliphatic heterocycles. The number of carbonyl (C=O) groups excluding carboxylic acids is 1. The molecule has 0 heterocycles. The fourth-order valence-corrected chi connectivity index (χ4v) is 3.46. The lowest BCUT2D eigenvalue weighted by atomic mass is 10.1. The van der Waals surface area contributed by atoms with E-state index in [1.54, 1.807) is 18.2 Å². The van der Waals surface area contributed by atoms with Crippen LogP contribution in [0.4, 0.5) is 11.4 Å². The minimum atomic E-state index is -0.710. The molecule has 7 nitrogen and oxygen atoms in total. The van der Waals surface area contributed by atoms with Gasteiger partial charge in [0.05, 0.1) is 4.92 Å². The molecule has 3 aromatic carbocycles. The van der Waals surface area contributed by atoms with E-state index in [0.717, 1.165) is 16.7 Å². The first-order valence-electron chi connectivity index (χ1n) is 9.92. The summed E-state index contributed by atoms with van der Waals surface area (Å²) in [7, 11) is 0. The zero-order chi connectivity index (χ0) is 24.0. The summed E-state index contributed by atoms with van der Waals surface area (Å²) in [6.07, 6.45) is 1.37. The van der Waals surface area contributed by atoms with Crippen molar-refractivity contribution < 1.29 is 14.5 Å². The molecule has 3 aromatic rings. The number of nitro benzene ring substituents is 1. The van der Waals surface area contributed by atoms with Gasteiger partial charge in [0, 0.05) is 28.4 Å². The predicted molar refractivity (Wildman–Crippen MR) is 127 cm³/mol. The van der Waals surface area contributed by atoms with Gasteiger partial charge in [0.2, 0.25) is 0 Å². The van der Waals surface area contributed by atoms with Gasteiger partial charge in [-0.3, -0.25) is 14.9 Å². The van der Waals surface area contributed by atoms with Gasteiger partial charge >= 0.3 is 0 Å². The number of benzene rings is 3. The van der Waals surface area contributed by atoms with Crippen LogP contribution < -0.4 is 10.1 Å². The largest absolute Gasteiger partial charge is 0.488 e. The number of halogens is 1. The topological polar surface area (TPSA) is 105 Å². The number of nitrogens with one attached hydrogen (secondary N) is 1. The van der Waals surface area contributed by atoms with Gasteiger partial charge < -0.3 is 10.1 Å². The molecule has 0 aliphatic carbocycles. The van der Waals surface area contributed by atoms with Crippen molar-refractivity contribution in [1.29, 1.82) is 5.26 Å². The minimum Gasteiger partial charge on any atom is -0.488 e. The van der Waals surface area contributed by atoms with Crippen molar-refractivity contribution in [1.82, 2.24) is 0 Å². The van der Waals surface area contributed by atoms with E-state index in [4.69, 9.17) is 16.3 Å². The molecule has 0 aliphatic rings. The average Bonchev–Trinajstić information content (AvgIpc) is 2.76. The van der Waals surface area contributed by atoms with Gasteiger partial charge in [0.15, 0.2) is 0 Å². The maximum atomic E-state index is 12.6. The molecule has 0 aromatic heterocycles. The van der Waals surface area contributed by atoms with Crippen LogP contribution in [0, 0.1) is 35.3 Å². The normalized spacial score (nSPS) is 10.9. The van der Waals surface area contributed by atoms with E-state index in [9.17, 15) is 20.2 Å². The highest BCUT2D eigenvalue weighted by Gasteiger charge is 2.14. The Morgan fingerprint density at radius 2 is 1.88 bits per heavy atom. The Morgan fingerprint density at radius 1 is 1.15 bits per heavy atom. The van der Waals surface area contributed by atoms with E-state index < -0.39 is 10.8 Å². The van der Waals surface area contributed by atoms with Gasteiger partial charge in [-0.1, -0.05) is 47.0 Å². The van der Waals surface area contributed by atoms with Crippen molar-refractivity contribution >= 4 is 35.0 Å². The third-order valence-corrected chi connectivity index (χ3v) is 4.86. The third kappa shape index (κ3) is 6.42. The smallest absolute Gasteiger partial charge is 0.271 e. The number of nitro groups is 1. The lowest BCUT2D eigenvalue weighted by molar-refractivity contribution is -0.384. The zero-order valence-electron chi connectivity index (χ0n) is 18.0. The number of carbonyl (C=O) groups is 1. The molecule has 0 fully saturated rings. The van der Waals surface area contributed by atoms with Crippen molar-refractivity contribution in [3.63, 3.8) is 0 Å². The molecule has 0 radical (unpaired) electrons. The second-order valence-corrected chi connectivity index (χ2v) is 7.83. The van der Waals surface area contributed by atoms with E-state index in [0.29, 0.717) is 22.9 Å². The lowest BCUT2D eigenvalue weighted by Crippen LogP contribution is -2.13. The van der Waals surface area contributed by atoms with Crippen LogP contribution in [-0.4, -0.2) is 10.8 Å². The number of non-ortho nitro benzene ring substituents is 1. The number of aryl methyl sites for hydroxylation is 2. The molecule has 0 saturated heterocycles. The summed E-state index contributed by atoms with van der Waals surface area (Å²) in [6, 6.07) is 18.4. The van der Waals surface area contributed by atoms with Crippen LogP contribution in [0.1, 0.15) is 22.3 Å². The summed E-state index contributed by atoms with van der Waals surface area (Å²) < 4.78 is 5.95. The fourth-order valence-electron chi connectivity index (χ4n) is 3.28. The van der Waals surface area contributed by atoms with Crippen molar-refractivity contribution in [2.24, 2.45) is 0 Å². The molecule has 0 unspecified atom stereocenters. The number of hydrogen-bond acceptors (Lipinski definition) is 5. The van der Waals surface area contributed by atoms with Gasteiger partial charge in [-0.05, 0) is 49.8 Å². The van der Waals surface area contributed by atoms with Crippen molar-refractivity contribution in [3.8, 4) is 11.8 Å². The second kappa shape index (κ2) is 10.4. The number of ether oxygens (including phenoxy) is 1. The first kappa shape index (κ1) is 23.5. The number of hydrogen-bond donors (Lipinski definition) is 1. The molecular formula is C25H20ClN3O4. The first-order valence-corrected chi connectivity index (χ1v) is 10.3. The molecule has 166 valence electrons. The number of rotatable bonds is 7. The van der Waals surface area contributed by atoms with E-state index in [2.05, 4.69) is 11.4 Å². The summed E-state index contributed by atoms with van der Waals surface area (Å²) in [6.45, 7) is 4.31. The van der Waals surface area contributed by atoms with Crippen molar-refractivity contribution in [2.75, 3.05) is 5.32 Å². The summed E-state index contributed by atoms with van der Waals surface area (Å²) in [5.41, 5.74) is 3.50. The highest BCUT2D eigenvalue weighted by atomic mass is 35.5. The Morgan fingerprint density at radius 3 is 2.55 bits per heavy atom. The number of amides is 1. The Hall–Kier alpha value is -4.15. The van der Waals surface area contributed by atoms with Gasteiger partial charge in [0.25, 0.3) is 11.6 Å². The first-order chi connectivity index (χ1) is 15.7. The van der Waals surface area contributed by atoms with Gasteiger partial charge in [-0.2, -0.15) is 5.26 Å². The average molecular weight is 462 g/mol. The summed E-state index contributed by atoms with van der Waals surface area (Å²) in [4.78, 5) is 23.0. The SMILES string of the molecule is Cc1cc(C)cc(COc2ccc(Cl)cc2/C=C(\C#N)C(=O)Nc2cccc([N+](=O)[O-])c2)c1. The maximum absolute atomic E-state index is 12.6. The Kier molecular flexibility index (Phi) is 7.44. The quantitative estimate of drug-likeness (QED) is 0.201. The highest BCUT2D eigenvalue weighted by Crippen LogP contribution is 2.27. The van der Waals surface area contributed by atoms with E-state index in [-0.39, 0.29) is 16.9 Å². The van der Waals surface area contributed by atoms with Crippen LogP contribution in [0.15, 0.2) is 66.2 Å². The molecule has 3 rings (SSSR count). The van der Waals surface area contributed by atoms with Crippen LogP contribution in [-0.2, 0) is 11.4 Å². The highest BCUT2D eigenvalue weighted by molar-refractivity contribution is 6.30. The molecule has 0 bridgehead atoms. The number of anilines is 1. The number of nitrogens with zero attached hydrogens (tertiary/aromatic N) is 2. The van der Waals surface area contributed by atoms with E-state index in [1.807, 2.05) is 32.0 Å². The zero-order valence-corrected chi connectivity index (χ0v) is 18.7. The van der Waals surface area contributed by atoms with Crippen LogP contribution >= 0.6 is 11.6 Å². The van der Waals surface area contributed by atoms with E-state index in [1.165, 1.54) is 30.3 Å². The van der Waals surface area contributed by atoms with Crippen molar-refractivity contribution in [2.45, 2.75) is 20.5 Å². The molecule has 1 N–H and O–H groups in total. The van der Waals surface area contributed by atoms with Gasteiger partial charge in [0.1, 0.15) is 24.0 Å². The number of nitriles is 1. The van der Waals surface area contributed by atoms with Crippen LogP contribution in [0.2, 0.25) is 5.02 Å². The van der Waals surface area contributed by atoms with Gasteiger partial charge in [-0.25, -0.2) is 0 Å². The maximum Gasteiger partial charge on any atom is 0.271 e. The lowest BCUT2D eigenvalue weighted by Gasteiger charge is -2.12. The summed E-state index contributed by atoms with van der Waals surface area (Å²) >= 11 is 6.13. The molecule has 0 atom stereocenters. The Balaban J connectivity index is 1.84. The standard InChI is InChI=1S/C25H20ClN3O4/c1-16-8-17(2)10-18(9-16)15-33-24-7-6-21(26)12-19(24)11-20(14-27)25(30)28-22-4-3-5-23(13-22)29(31)32/h3-13H,15H2,1-2H3,(H,28,30)/b20-11+. The van der Waals surface area contributed by atoms with Crippen molar-refractivity contribution in [3.05, 3.63) is 104 Å². The van der Waals surface area contributed by atoms with Crippen LogP contribution in [0.5, 0.6) is 5.75 Å². The van der Waals surface area contributed by atoms with Gasteiger partial charge in [-0.15, -0.1) is 0 Å². The minimum absolute atomic E-state index is 0.174. The molecule has 0 spiro atoms. The Labute approximate surface area is 196 Å². The monoisotopic (exact) mass is 461 g/mol. The third-order valence-electron chi connectivity index (χ3n) is 4.63. The second-order valence-electron chi connectivity index (χ2n) is 7.40.